The number of rotatable bonds is 8. The van der Waals surface area contributed by atoms with E-state index in [1.807, 2.05) is 10.8 Å². The quantitative estimate of drug-likeness (QED) is 0.704. The zero-order valence-electron chi connectivity index (χ0n) is 13.8. The maximum Gasteiger partial charge on any atom is 0.251 e. The summed E-state index contributed by atoms with van der Waals surface area (Å²) in [4.78, 5) is 16.2. The highest BCUT2D eigenvalue weighted by molar-refractivity contribution is 7.89. The van der Waals surface area contributed by atoms with Gasteiger partial charge in [-0.1, -0.05) is 6.07 Å². The Labute approximate surface area is 142 Å². The topological polar surface area (TPSA) is 93.1 Å². The highest BCUT2D eigenvalue weighted by Crippen LogP contribution is 2.12. The van der Waals surface area contributed by atoms with Crippen molar-refractivity contribution in [3.63, 3.8) is 0 Å². The fourth-order valence-electron chi connectivity index (χ4n) is 2.17. The third-order valence-corrected chi connectivity index (χ3v) is 4.89. The Bertz CT molecular complexity index is 770. The summed E-state index contributed by atoms with van der Waals surface area (Å²) in [5, 5.41) is 2.79. The number of nitrogens with zero attached hydrogens (tertiary/aromatic N) is 2. The molecule has 0 atom stereocenters. The van der Waals surface area contributed by atoms with Gasteiger partial charge in [-0.15, -0.1) is 0 Å². The first-order valence-electron chi connectivity index (χ1n) is 7.75. The highest BCUT2D eigenvalue weighted by atomic mass is 32.2. The summed E-state index contributed by atoms with van der Waals surface area (Å²) >= 11 is 0. The predicted molar refractivity (Wildman–Crippen MR) is 91.1 cm³/mol. The van der Waals surface area contributed by atoms with Crippen LogP contribution in [0.5, 0.6) is 0 Å². The number of hydrogen-bond donors (Lipinski definition) is 2. The molecule has 0 radical (unpaired) electrons. The Morgan fingerprint density at radius 3 is 2.79 bits per heavy atom. The number of benzene rings is 1. The molecular weight excluding hydrogens is 328 g/mol. The first kappa shape index (κ1) is 18.2. The zero-order chi connectivity index (χ0) is 17.6. The van der Waals surface area contributed by atoms with E-state index in [0.717, 1.165) is 13.0 Å². The van der Waals surface area contributed by atoms with Crippen LogP contribution in [0.4, 0.5) is 0 Å². The fourth-order valence-corrected chi connectivity index (χ4v) is 3.46. The predicted octanol–water partition coefficient (Wildman–Crippen LogP) is 1.39. The fraction of sp³-hybridized carbons (Fsp3) is 0.375. The van der Waals surface area contributed by atoms with Crippen LogP contribution in [0.3, 0.4) is 0 Å². The molecule has 130 valence electrons. The second kappa shape index (κ2) is 8.07. The summed E-state index contributed by atoms with van der Waals surface area (Å²) < 4.78 is 28.7. The molecule has 0 bridgehead atoms. The molecule has 0 fully saturated rings. The van der Waals surface area contributed by atoms with Gasteiger partial charge in [0.25, 0.3) is 5.91 Å². The third kappa shape index (κ3) is 5.17. The molecule has 0 saturated carbocycles. The largest absolute Gasteiger partial charge is 0.352 e. The van der Waals surface area contributed by atoms with Crippen LogP contribution >= 0.6 is 0 Å². The summed E-state index contributed by atoms with van der Waals surface area (Å²) in [5.41, 5.74) is 0.323. The number of aromatic nitrogens is 2. The van der Waals surface area contributed by atoms with Crippen LogP contribution in [0.2, 0.25) is 0 Å². The summed E-state index contributed by atoms with van der Waals surface area (Å²) in [7, 11) is -3.61. The van der Waals surface area contributed by atoms with Crippen molar-refractivity contribution in [1.82, 2.24) is 19.6 Å². The molecular formula is C16H22N4O3S. The number of carbonyl (C=O) groups excluding carboxylic acids is 1. The minimum absolute atomic E-state index is 0.0854. The number of aryl methyl sites for hydroxylation is 1. The number of sulfonamides is 1. The molecule has 2 N–H and O–H groups in total. The standard InChI is InChI=1S/C16H22N4O3S/c1-13(2)19-24(22,23)15-6-3-5-14(11-15)16(21)18-7-4-9-20-10-8-17-12-20/h3,5-6,8,10-13,19H,4,7,9H2,1-2H3,(H,18,21). The number of imidazole rings is 1. The molecule has 0 saturated heterocycles. The monoisotopic (exact) mass is 350 g/mol. The third-order valence-electron chi connectivity index (χ3n) is 3.24. The van der Waals surface area contributed by atoms with E-state index in [4.69, 9.17) is 0 Å². The van der Waals surface area contributed by atoms with Crippen molar-refractivity contribution in [2.45, 2.75) is 37.8 Å². The molecule has 1 amide bonds. The van der Waals surface area contributed by atoms with Crippen LogP contribution in [-0.4, -0.2) is 36.5 Å². The summed E-state index contributed by atoms with van der Waals surface area (Å²) in [5.74, 6) is -0.290. The smallest absolute Gasteiger partial charge is 0.251 e. The molecule has 1 aromatic carbocycles. The van der Waals surface area contributed by atoms with Crippen molar-refractivity contribution >= 4 is 15.9 Å². The molecule has 7 nitrogen and oxygen atoms in total. The lowest BCUT2D eigenvalue weighted by Crippen LogP contribution is -2.30. The van der Waals surface area contributed by atoms with Crippen molar-refractivity contribution in [2.75, 3.05) is 6.54 Å². The van der Waals surface area contributed by atoms with Gasteiger partial charge in [0, 0.05) is 37.1 Å². The second-order valence-corrected chi connectivity index (χ2v) is 7.43. The number of nitrogens with one attached hydrogen (secondary N) is 2. The van der Waals surface area contributed by atoms with Gasteiger partial charge in [0.2, 0.25) is 10.0 Å². The van der Waals surface area contributed by atoms with Crippen LogP contribution in [0.25, 0.3) is 0 Å². The van der Waals surface area contributed by atoms with Gasteiger partial charge in [-0.3, -0.25) is 4.79 Å². The van der Waals surface area contributed by atoms with Crippen molar-refractivity contribution < 1.29 is 13.2 Å². The number of hydrogen-bond acceptors (Lipinski definition) is 4. The van der Waals surface area contributed by atoms with Crippen molar-refractivity contribution in [1.29, 1.82) is 0 Å². The van der Waals surface area contributed by atoms with Crippen LogP contribution in [0.15, 0.2) is 47.9 Å². The van der Waals surface area contributed by atoms with Crippen LogP contribution in [0.1, 0.15) is 30.6 Å². The van der Waals surface area contributed by atoms with Gasteiger partial charge in [-0.25, -0.2) is 18.1 Å². The summed E-state index contributed by atoms with van der Waals surface area (Å²) in [6.45, 7) is 4.74. The van der Waals surface area contributed by atoms with E-state index in [1.54, 1.807) is 38.5 Å². The number of carbonyl (C=O) groups is 1. The molecule has 0 unspecified atom stereocenters. The summed E-state index contributed by atoms with van der Waals surface area (Å²) in [6.07, 6.45) is 6.04. The Balaban J connectivity index is 1.93. The van der Waals surface area contributed by atoms with Crippen molar-refractivity contribution in [3.05, 3.63) is 48.5 Å². The molecule has 24 heavy (non-hydrogen) atoms. The second-order valence-electron chi connectivity index (χ2n) is 5.71. The molecule has 0 spiro atoms. The van der Waals surface area contributed by atoms with Gasteiger partial charge < -0.3 is 9.88 Å². The van der Waals surface area contributed by atoms with Gasteiger partial charge in [-0.2, -0.15) is 0 Å². The first-order valence-corrected chi connectivity index (χ1v) is 9.23. The lowest BCUT2D eigenvalue weighted by Gasteiger charge is -2.11. The van der Waals surface area contributed by atoms with E-state index in [1.165, 1.54) is 12.1 Å². The van der Waals surface area contributed by atoms with Crippen molar-refractivity contribution in [2.24, 2.45) is 0 Å². The van der Waals surface area contributed by atoms with Gasteiger partial charge in [-0.05, 0) is 38.5 Å². The molecule has 2 aromatic rings. The van der Waals surface area contributed by atoms with E-state index in [0.29, 0.717) is 12.1 Å². The Morgan fingerprint density at radius 1 is 1.33 bits per heavy atom. The highest BCUT2D eigenvalue weighted by Gasteiger charge is 2.17. The average molecular weight is 350 g/mol. The molecule has 1 aromatic heterocycles. The SMILES string of the molecule is CC(C)NS(=O)(=O)c1cccc(C(=O)NCCCn2ccnc2)c1. The van der Waals surface area contributed by atoms with Gasteiger partial charge in [0.15, 0.2) is 0 Å². The molecule has 1 heterocycles. The first-order chi connectivity index (χ1) is 11.4. The molecule has 0 aliphatic carbocycles. The van der Waals surface area contributed by atoms with E-state index in [2.05, 4.69) is 15.0 Å². The normalized spacial score (nSPS) is 11.6. The molecule has 0 aliphatic heterocycles. The lowest BCUT2D eigenvalue weighted by atomic mass is 10.2. The Morgan fingerprint density at radius 2 is 2.12 bits per heavy atom. The zero-order valence-corrected chi connectivity index (χ0v) is 14.6. The summed E-state index contributed by atoms with van der Waals surface area (Å²) in [6, 6.07) is 5.81. The average Bonchev–Trinajstić information content (AvgIpc) is 3.03. The van der Waals surface area contributed by atoms with E-state index < -0.39 is 10.0 Å². The minimum atomic E-state index is -3.61. The van der Waals surface area contributed by atoms with Crippen LogP contribution in [-0.2, 0) is 16.6 Å². The maximum absolute atomic E-state index is 12.2. The molecule has 0 aliphatic rings. The molecule has 2 rings (SSSR count). The van der Waals surface area contributed by atoms with Crippen LogP contribution in [0, 0.1) is 0 Å². The van der Waals surface area contributed by atoms with Crippen LogP contribution < -0.4 is 10.0 Å². The Hall–Kier alpha value is -2.19. The Kier molecular flexibility index (Phi) is 6.10. The van der Waals surface area contributed by atoms with Gasteiger partial charge in [0.05, 0.1) is 11.2 Å². The minimum Gasteiger partial charge on any atom is -0.352 e. The maximum atomic E-state index is 12.2. The van der Waals surface area contributed by atoms with E-state index >= 15 is 0 Å². The lowest BCUT2D eigenvalue weighted by molar-refractivity contribution is 0.0952. The molecule has 8 heteroatoms. The van der Waals surface area contributed by atoms with E-state index in [9.17, 15) is 13.2 Å². The van der Waals surface area contributed by atoms with Crippen molar-refractivity contribution in [3.8, 4) is 0 Å². The van der Waals surface area contributed by atoms with Gasteiger partial charge >= 0.3 is 0 Å². The van der Waals surface area contributed by atoms with Gasteiger partial charge in [0.1, 0.15) is 0 Å². The van der Waals surface area contributed by atoms with E-state index in [-0.39, 0.29) is 16.8 Å². The number of amides is 1.